The Labute approximate surface area is 225 Å². The summed E-state index contributed by atoms with van der Waals surface area (Å²) in [7, 11) is 0. The number of hydrogen-bond acceptors (Lipinski definition) is 7. The van der Waals surface area contributed by atoms with Crippen LogP contribution in [0.1, 0.15) is 20.8 Å². The normalized spacial score (nSPS) is 11.6. The highest BCUT2D eigenvalue weighted by atomic mass is 79.9. The lowest BCUT2D eigenvalue weighted by Crippen LogP contribution is -2.32. The van der Waals surface area contributed by atoms with Gasteiger partial charge in [-0.1, -0.05) is 46.3 Å². The van der Waals surface area contributed by atoms with Crippen LogP contribution in [0.15, 0.2) is 116 Å². The fourth-order valence-corrected chi connectivity index (χ4v) is 4.08. The lowest BCUT2D eigenvalue weighted by molar-refractivity contribution is -0.117. The lowest BCUT2D eigenvalue weighted by Gasteiger charge is -2.08. The number of carbonyl (C=O) groups is 2. The van der Waals surface area contributed by atoms with Crippen LogP contribution in [0.5, 0.6) is 5.75 Å². The number of halogens is 1. The molecule has 4 rings (SSSR count). The van der Waals surface area contributed by atoms with E-state index < -0.39 is 11.8 Å². The summed E-state index contributed by atoms with van der Waals surface area (Å²) in [4.78, 5) is 26.3. The van der Waals surface area contributed by atoms with E-state index in [9.17, 15) is 14.7 Å². The Morgan fingerprint density at radius 2 is 1.68 bits per heavy atom. The quantitative estimate of drug-likeness (QED) is 0.0959. The van der Waals surface area contributed by atoms with Crippen molar-refractivity contribution in [2.75, 3.05) is 0 Å². The van der Waals surface area contributed by atoms with Crippen molar-refractivity contribution >= 4 is 62.7 Å². The van der Waals surface area contributed by atoms with Gasteiger partial charge in [-0.25, -0.2) is 5.43 Å². The molecule has 184 valence electrons. The van der Waals surface area contributed by atoms with Gasteiger partial charge in [-0.15, -0.1) is 11.3 Å². The van der Waals surface area contributed by atoms with Crippen LogP contribution in [-0.4, -0.2) is 23.1 Å². The van der Waals surface area contributed by atoms with Gasteiger partial charge in [0.05, 0.1) is 17.6 Å². The SMILES string of the molecule is O=C(NN=Cc1cc(N=Nc2cccc(Br)c2)ccc1O)C(=Cc1cccs1)NC(=O)c1ccccc1. The number of aromatic hydroxyl groups is 1. The largest absolute Gasteiger partial charge is 0.507 e. The van der Waals surface area contributed by atoms with Crippen molar-refractivity contribution in [3.8, 4) is 5.75 Å². The average molecular weight is 574 g/mol. The predicted molar refractivity (Wildman–Crippen MR) is 148 cm³/mol. The number of carbonyl (C=O) groups excluding carboxylic acids is 2. The number of hydrogen-bond donors (Lipinski definition) is 3. The lowest BCUT2D eigenvalue weighted by atomic mass is 10.2. The molecule has 0 bridgehead atoms. The third kappa shape index (κ3) is 7.53. The first-order chi connectivity index (χ1) is 18.0. The Morgan fingerprint density at radius 3 is 2.41 bits per heavy atom. The van der Waals surface area contributed by atoms with E-state index in [4.69, 9.17) is 0 Å². The van der Waals surface area contributed by atoms with Crippen molar-refractivity contribution in [2.45, 2.75) is 0 Å². The molecule has 0 aliphatic heterocycles. The molecule has 0 radical (unpaired) electrons. The summed E-state index contributed by atoms with van der Waals surface area (Å²) < 4.78 is 0.880. The molecule has 3 N–H and O–H groups in total. The number of benzene rings is 3. The molecule has 4 aromatic rings. The Bertz CT molecular complexity index is 1490. The summed E-state index contributed by atoms with van der Waals surface area (Å²) in [5, 5.41) is 27.0. The highest BCUT2D eigenvalue weighted by Gasteiger charge is 2.14. The smallest absolute Gasteiger partial charge is 0.287 e. The molecule has 0 spiro atoms. The number of thiophene rings is 1. The highest BCUT2D eigenvalue weighted by molar-refractivity contribution is 9.10. The number of nitrogens with one attached hydrogen (secondary N) is 2. The number of phenolic OH excluding ortho intramolecular Hbond substituents is 1. The minimum atomic E-state index is -0.626. The highest BCUT2D eigenvalue weighted by Crippen LogP contribution is 2.25. The first-order valence-electron chi connectivity index (χ1n) is 10.9. The van der Waals surface area contributed by atoms with Gasteiger partial charge in [0, 0.05) is 20.5 Å². The summed E-state index contributed by atoms with van der Waals surface area (Å²) >= 11 is 4.81. The van der Waals surface area contributed by atoms with Crippen LogP contribution in [0.25, 0.3) is 6.08 Å². The molecule has 2 amide bonds. The van der Waals surface area contributed by atoms with Crippen molar-refractivity contribution in [3.05, 3.63) is 116 Å². The Hall–Kier alpha value is -4.41. The molecule has 0 aliphatic carbocycles. The monoisotopic (exact) mass is 573 g/mol. The van der Waals surface area contributed by atoms with E-state index >= 15 is 0 Å². The van der Waals surface area contributed by atoms with Crippen LogP contribution in [0.2, 0.25) is 0 Å². The summed E-state index contributed by atoms with van der Waals surface area (Å²) in [5.74, 6) is -1.10. The Kier molecular flexibility index (Phi) is 8.69. The first-order valence-corrected chi connectivity index (χ1v) is 12.6. The molecule has 0 fully saturated rings. The van der Waals surface area contributed by atoms with E-state index in [0.717, 1.165) is 9.35 Å². The zero-order chi connectivity index (χ0) is 26.0. The third-order valence-electron chi connectivity index (χ3n) is 4.83. The molecule has 1 aromatic heterocycles. The van der Waals surface area contributed by atoms with E-state index in [2.05, 4.69) is 42.0 Å². The van der Waals surface area contributed by atoms with Crippen LogP contribution in [0.3, 0.4) is 0 Å². The van der Waals surface area contributed by atoms with Gasteiger partial charge in [-0.2, -0.15) is 15.3 Å². The zero-order valence-electron chi connectivity index (χ0n) is 19.2. The van der Waals surface area contributed by atoms with Crippen LogP contribution in [0.4, 0.5) is 11.4 Å². The average Bonchev–Trinajstić information content (AvgIpc) is 3.42. The van der Waals surface area contributed by atoms with Crippen molar-refractivity contribution < 1.29 is 14.7 Å². The molecule has 1 heterocycles. The summed E-state index contributed by atoms with van der Waals surface area (Å²) in [6.45, 7) is 0. The van der Waals surface area contributed by atoms with Crippen molar-refractivity contribution in [1.29, 1.82) is 0 Å². The molecule has 0 saturated carbocycles. The molecule has 10 heteroatoms. The second-order valence-electron chi connectivity index (χ2n) is 7.52. The van der Waals surface area contributed by atoms with E-state index in [-0.39, 0.29) is 11.4 Å². The van der Waals surface area contributed by atoms with Crippen LogP contribution < -0.4 is 10.7 Å². The minimum absolute atomic E-state index is 0.0225. The number of rotatable bonds is 8. The third-order valence-corrected chi connectivity index (χ3v) is 6.14. The second-order valence-corrected chi connectivity index (χ2v) is 9.41. The van der Waals surface area contributed by atoms with Crippen molar-refractivity contribution in [2.24, 2.45) is 15.3 Å². The molecule has 37 heavy (non-hydrogen) atoms. The van der Waals surface area contributed by atoms with Crippen LogP contribution in [-0.2, 0) is 4.79 Å². The van der Waals surface area contributed by atoms with E-state index in [1.165, 1.54) is 23.6 Å². The number of hydrazone groups is 1. The fourth-order valence-electron chi connectivity index (χ4n) is 3.04. The van der Waals surface area contributed by atoms with Crippen LogP contribution in [0, 0.1) is 0 Å². The molecule has 0 atom stereocenters. The van der Waals surface area contributed by atoms with E-state index in [1.54, 1.807) is 48.5 Å². The molecule has 3 aromatic carbocycles. The second kappa shape index (κ2) is 12.5. The van der Waals surface area contributed by atoms with Gasteiger partial charge in [0.25, 0.3) is 11.8 Å². The first kappa shape index (κ1) is 25.7. The van der Waals surface area contributed by atoms with Gasteiger partial charge in [-0.3, -0.25) is 9.59 Å². The summed E-state index contributed by atoms with van der Waals surface area (Å²) in [6.07, 6.45) is 2.85. The molecule has 0 unspecified atom stereocenters. The van der Waals surface area contributed by atoms with Gasteiger partial charge >= 0.3 is 0 Å². The Morgan fingerprint density at radius 1 is 0.892 bits per heavy atom. The van der Waals surface area contributed by atoms with Gasteiger partial charge in [0.2, 0.25) is 0 Å². The van der Waals surface area contributed by atoms with Gasteiger partial charge in [0.1, 0.15) is 11.4 Å². The molecule has 8 nitrogen and oxygen atoms in total. The van der Waals surface area contributed by atoms with E-state index in [1.807, 2.05) is 41.8 Å². The van der Waals surface area contributed by atoms with Crippen LogP contribution >= 0.6 is 27.3 Å². The number of amides is 2. The molecule has 0 saturated heterocycles. The zero-order valence-corrected chi connectivity index (χ0v) is 21.6. The van der Waals surface area contributed by atoms with Crippen molar-refractivity contribution in [3.63, 3.8) is 0 Å². The van der Waals surface area contributed by atoms with Crippen molar-refractivity contribution in [1.82, 2.24) is 10.7 Å². The maximum Gasteiger partial charge on any atom is 0.287 e. The van der Waals surface area contributed by atoms with Gasteiger partial charge in [-0.05, 0) is 66.1 Å². The number of phenols is 1. The predicted octanol–water partition coefficient (Wildman–Crippen LogP) is 6.55. The summed E-state index contributed by atoms with van der Waals surface area (Å²) in [5.41, 5.74) is 4.29. The van der Waals surface area contributed by atoms with Gasteiger partial charge in [0.15, 0.2) is 0 Å². The summed E-state index contributed by atoms with van der Waals surface area (Å²) in [6, 6.07) is 24.2. The standard InChI is InChI=1S/C27H20BrN5O3S/c28-20-8-4-9-21(15-20)31-32-22-11-12-25(34)19(14-22)17-29-33-27(36)24(16-23-10-5-13-37-23)30-26(35)18-6-2-1-3-7-18/h1-17,34H,(H,30,35)(H,33,36). The minimum Gasteiger partial charge on any atom is -0.507 e. The maximum absolute atomic E-state index is 12.9. The fraction of sp³-hybridized carbons (Fsp3) is 0. The molecule has 0 aliphatic rings. The molecular formula is C27H20BrN5O3S. The Balaban J connectivity index is 1.47. The maximum atomic E-state index is 12.9. The topological polar surface area (TPSA) is 116 Å². The van der Waals surface area contributed by atoms with E-state index in [0.29, 0.717) is 22.5 Å². The number of azo groups is 1. The number of nitrogens with zero attached hydrogens (tertiary/aromatic N) is 3. The van der Waals surface area contributed by atoms with Gasteiger partial charge < -0.3 is 10.4 Å². The molecular weight excluding hydrogens is 554 g/mol.